The highest BCUT2D eigenvalue weighted by Crippen LogP contribution is 2.21. The van der Waals surface area contributed by atoms with E-state index in [1.807, 2.05) is 18.2 Å². The van der Waals surface area contributed by atoms with E-state index in [0.717, 1.165) is 24.3 Å². The molecule has 0 spiro atoms. The van der Waals surface area contributed by atoms with E-state index in [-0.39, 0.29) is 4.88 Å². The molecule has 0 saturated heterocycles. The molecule has 2 rings (SSSR count). The Morgan fingerprint density at radius 2 is 2.11 bits per heavy atom. The number of hydrogen-bond acceptors (Lipinski definition) is 5. The van der Waals surface area contributed by atoms with Crippen LogP contribution in [0.4, 0.5) is 5.13 Å². The molecule has 1 aromatic heterocycles. The van der Waals surface area contributed by atoms with Crippen molar-refractivity contribution in [2.24, 2.45) is 0 Å². The van der Waals surface area contributed by atoms with Crippen LogP contribution in [-0.2, 0) is 6.42 Å². The first kappa shape index (κ1) is 12.6. The predicted molar refractivity (Wildman–Crippen MR) is 69.8 cm³/mol. The zero-order valence-corrected chi connectivity index (χ0v) is 10.8. The molecule has 0 bridgehead atoms. The first-order chi connectivity index (χ1) is 8.66. The van der Waals surface area contributed by atoms with E-state index in [4.69, 9.17) is 0 Å². The first-order valence-electron chi connectivity index (χ1n) is 5.63. The fourth-order valence-corrected chi connectivity index (χ4v) is 2.45. The standard InChI is InChI=1S/C13H14N2O2S/c1-9-11(12(16)17)18-13(15-9)14-8-7-10-5-3-2-4-6-10/h2-6H,7-8H2,1H3,(H,14,15)(H,16,17)/p-1. The lowest BCUT2D eigenvalue weighted by Crippen LogP contribution is -2.21. The molecule has 0 aliphatic heterocycles. The Hall–Kier alpha value is -1.88. The lowest BCUT2D eigenvalue weighted by Gasteiger charge is -2.02. The van der Waals surface area contributed by atoms with Crippen molar-refractivity contribution in [1.29, 1.82) is 0 Å². The highest BCUT2D eigenvalue weighted by atomic mass is 32.1. The summed E-state index contributed by atoms with van der Waals surface area (Å²) in [7, 11) is 0. The number of benzene rings is 1. The molecule has 5 heteroatoms. The number of nitrogens with one attached hydrogen (secondary N) is 1. The Labute approximate surface area is 109 Å². The van der Waals surface area contributed by atoms with Crippen molar-refractivity contribution in [2.75, 3.05) is 11.9 Å². The zero-order chi connectivity index (χ0) is 13.0. The Morgan fingerprint density at radius 1 is 1.39 bits per heavy atom. The highest BCUT2D eigenvalue weighted by Gasteiger charge is 2.07. The monoisotopic (exact) mass is 261 g/mol. The van der Waals surface area contributed by atoms with Gasteiger partial charge in [0.15, 0.2) is 5.13 Å². The minimum atomic E-state index is -1.17. The minimum Gasteiger partial charge on any atom is -0.544 e. The largest absolute Gasteiger partial charge is 0.544 e. The van der Waals surface area contributed by atoms with Crippen molar-refractivity contribution < 1.29 is 9.90 Å². The molecule has 0 saturated carbocycles. The van der Waals surface area contributed by atoms with Gasteiger partial charge >= 0.3 is 0 Å². The van der Waals surface area contributed by atoms with Crippen LogP contribution in [0.5, 0.6) is 0 Å². The molecule has 18 heavy (non-hydrogen) atoms. The third-order valence-electron chi connectivity index (χ3n) is 2.51. The third-order valence-corrected chi connectivity index (χ3v) is 3.61. The maximum absolute atomic E-state index is 10.8. The number of thiazole rings is 1. The molecule has 1 N–H and O–H groups in total. The minimum absolute atomic E-state index is 0.192. The van der Waals surface area contributed by atoms with Crippen LogP contribution in [0.1, 0.15) is 20.9 Å². The Morgan fingerprint density at radius 3 is 2.72 bits per heavy atom. The van der Waals surface area contributed by atoms with Gasteiger partial charge in [0.05, 0.1) is 16.5 Å². The summed E-state index contributed by atoms with van der Waals surface area (Å²) in [6.07, 6.45) is 0.875. The van der Waals surface area contributed by atoms with Crippen LogP contribution in [0.25, 0.3) is 0 Å². The molecule has 0 atom stereocenters. The highest BCUT2D eigenvalue weighted by molar-refractivity contribution is 7.17. The van der Waals surface area contributed by atoms with Crippen molar-refractivity contribution in [2.45, 2.75) is 13.3 Å². The molecular formula is C13H13N2O2S-. The summed E-state index contributed by atoms with van der Waals surface area (Å²) in [4.78, 5) is 15.1. The van der Waals surface area contributed by atoms with E-state index in [1.54, 1.807) is 6.92 Å². The normalized spacial score (nSPS) is 10.3. The number of carboxylic acids is 1. The smallest absolute Gasteiger partial charge is 0.183 e. The van der Waals surface area contributed by atoms with Crippen molar-refractivity contribution in [1.82, 2.24) is 4.98 Å². The van der Waals surface area contributed by atoms with E-state index in [1.165, 1.54) is 5.56 Å². The number of anilines is 1. The summed E-state index contributed by atoms with van der Waals surface area (Å²) in [6.45, 7) is 2.40. The van der Waals surface area contributed by atoms with Crippen molar-refractivity contribution in [3.8, 4) is 0 Å². The summed E-state index contributed by atoms with van der Waals surface area (Å²) in [5.74, 6) is -1.17. The van der Waals surface area contributed by atoms with Gasteiger partial charge in [-0.2, -0.15) is 0 Å². The second kappa shape index (κ2) is 5.64. The lowest BCUT2D eigenvalue weighted by molar-refractivity contribution is -0.254. The Bertz CT molecular complexity index is 537. The second-order valence-corrected chi connectivity index (χ2v) is 4.88. The topological polar surface area (TPSA) is 65.0 Å². The number of rotatable bonds is 5. The van der Waals surface area contributed by atoms with Crippen LogP contribution in [0, 0.1) is 6.92 Å². The molecule has 0 unspecified atom stereocenters. The van der Waals surface area contributed by atoms with Crippen molar-refractivity contribution in [3.05, 3.63) is 46.5 Å². The maximum atomic E-state index is 10.8. The summed E-state index contributed by atoms with van der Waals surface area (Å²) in [5.41, 5.74) is 1.74. The number of carbonyl (C=O) groups is 1. The van der Waals surface area contributed by atoms with Crippen molar-refractivity contribution >= 4 is 22.4 Å². The molecule has 0 amide bonds. The third kappa shape index (κ3) is 3.07. The van der Waals surface area contributed by atoms with E-state index < -0.39 is 5.97 Å². The van der Waals surface area contributed by atoms with E-state index in [0.29, 0.717) is 10.8 Å². The summed E-state index contributed by atoms with van der Waals surface area (Å²) in [5, 5.41) is 14.5. The second-order valence-electron chi connectivity index (χ2n) is 3.88. The van der Waals surface area contributed by atoms with Gasteiger partial charge in [0.1, 0.15) is 0 Å². The van der Waals surface area contributed by atoms with Crippen LogP contribution in [0.15, 0.2) is 30.3 Å². The predicted octanol–water partition coefficient (Wildman–Crippen LogP) is 1.47. The number of nitrogens with zero attached hydrogens (tertiary/aromatic N) is 1. The SMILES string of the molecule is Cc1nc(NCCc2ccccc2)sc1C(=O)[O-]. The van der Waals surface area contributed by atoms with Gasteiger partial charge in [-0.15, -0.1) is 0 Å². The molecule has 0 aliphatic carbocycles. The van der Waals surface area contributed by atoms with E-state index in [2.05, 4.69) is 22.4 Å². The van der Waals surface area contributed by atoms with Gasteiger partial charge in [-0.3, -0.25) is 0 Å². The average molecular weight is 261 g/mol. The van der Waals surface area contributed by atoms with Gasteiger partial charge < -0.3 is 15.2 Å². The van der Waals surface area contributed by atoms with Crippen LogP contribution in [-0.4, -0.2) is 17.5 Å². The first-order valence-corrected chi connectivity index (χ1v) is 6.45. The summed E-state index contributed by atoms with van der Waals surface area (Å²) in [6, 6.07) is 10.1. The van der Waals surface area contributed by atoms with Crippen molar-refractivity contribution in [3.63, 3.8) is 0 Å². The number of hydrogen-bond donors (Lipinski definition) is 1. The van der Waals surface area contributed by atoms with Gasteiger partial charge in [0.25, 0.3) is 0 Å². The van der Waals surface area contributed by atoms with Crippen LogP contribution in [0.2, 0.25) is 0 Å². The molecular weight excluding hydrogens is 248 g/mol. The fraction of sp³-hybridized carbons (Fsp3) is 0.231. The fourth-order valence-electron chi connectivity index (χ4n) is 1.62. The number of carbonyl (C=O) groups excluding carboxylic acids is 1. The van der Waals surface area contributed by atoms with E-state index >= 15 is 0 Å². The average Bonchev–Trinajstić information content (AvgIpc) is 2.72. The molecule has 94 valence electrons. The Balaban J connectivity index is 1.91. The quantitative estimate of drug-likeness (QED) is 0.885. The van der Waals surface area contributed by atoms with Gasteiger partial charge in [-0.05, 0) is 18.9 Å². The number of carboxylic acid groups (broad SMARTS) is 1. The van der Waals surface area contributed by atoms with E-state index in [9.17, 15) is 9.90 Å². The van der Waals surface area contributed by atoms with Crippen LogP contribution >= 0.6 is 11.3 Å². The van der Waals surface area contributed by atoms with Crippen LogP contribution < -0.4 is 10.4 Å². The molecule has 2 aromatic rings. The summed E-state index contributed by atoms with van der Waals surface area (Å²) < 4.78 is 0. The lowest BCUT2D eigenvalue weighted by atomic mass is 10.2. The molecule has 0 aliphatic rings. The number of aryl methyl sites for hydroxylation is 1. The number of aromatic nitrogens is 1. The molecule has 1 aromatic carbocycles. The Kier molecular flexibility index (Phi) is 3.94. The molecule has 0 radical (unpaired) electrons. The number of aromatic carboxylic acids is 1. The maximum Gasteiger partial charge on any atom is 0.183 e. The van der Waals surface area contributed by atoms with Gasteiger partial charge in [-0.25, -0.2) is 4.98 Å². The molecule has 0 fully saturated rings. The van der Waals surface area contributed by atoms with Gasteiger partial charge in [0, 0.05) is 6.54 Å². The molecule has 4 nitrogen and oxygen atoms in total. The zero-order valence-electron chi connectivity index (χ0n) is 9.97. The van der Waals surface area contributed by atoms with Crippen LogP contribution in [0.3, 0.4) is 0 Å². The van der Waals surface area contributed by atoms with Gasteiger partial charge in [0.2, 0.25) is 0 Å². The molecule has 1 heterocycles. The van der Waals surface area contributed by atoms with Gasteiger partial charge in [-0.1, -0.05) is 41.7 Å². The summed E-state index contributed by atoms with van der Waals surface area (Å²) >= 11 is 1.12.